The number of aliphatic hydroxyl groups is 2. The molecule has 0 aromatic heterocycles. The Morgan fingerprint density at radius 3 is 1.58 bits per heavy atom. The number of aliphatic hydroxyl groups excluding tert-OH is 2. The number of hydrogen-bond acceptors (Lipinski definition) is 9. The van der Waals surface area contributed by atoms with Crippen LogP contribution in [0.3, 0.4) is 0 Å². The van der Waals surface area contributed by atoms with Crippen LogP contribution in [0, 0.1) is 0 Å². The predicted octanol–water partition coefficient (Wildman–Crippen LogP) is 9.83. The summed E-state index contributed by atoms with van der Waals surface area (Å²) in [6.07, 6.45) is 32.8. The van der Waals surface area contributed by atoms with Crippen LogP contribution >= 0.6 is 7.82 Å². The fraction of sp³-hybridized carbons (Fsp3) is 0.846. The summed E-state index contributed by atoms with van der Waals surface area (Å²) in [6, 6.07) is 0. The molecule has 0 aromatic carbocycles. The summed E-state index contributed by atoms with van der Waals surface area (Å²) in [5.74, 6) is -0.938. The first kappa shape index (κ1) is 48.5. The van der Waals surface area contributed by atoms with Crippen molar-refractivity contribution in [3.05, 3.63) is 24.3 Å². The zero-order valence-corrected chi connectivity index (χ0v) is 32.5. The van der Waals surface area contributed by atoms with Crippen LogP contribution in [-0.2, 0) is 32.7 Å². The van der Waals surface area contributed by atoms with Crippen LogP contribution in [-0.4, -0.2) is 65.7 Å². The van der Waals surface area contributed by atoms with E-state index in [2.05, 4.69) is 42.7 Å². The number of rotatable bonds is 37. The molecular formula is C39H73O10P. The van der Waals surface area contributed by atoms with E-state index in [0.29, 0.717) is 12.8 Å². The first-order valence-corrected chi connectivity index (χ1v) is 21.3. The first-order valence-electron chi connectivity index (χ1n) is 19.8. The van der Waals surface area contributed by atoms with E-state index in [0.717, 1.165) is 57.8 Å². The molecule has 0 amide bonds. The molecule has 0 saturated carbocycles. The lowest BCUT2D eigenvalue weighted by Crippen LogP contribution is -2.29. The number of allylic oxidation sites excluding steroid dienone is 4. The second kappa shape index (κ2) is 35.8. The lowest BCUT2D eigenvalue weighted by molar-refractivity contribution is -0.161. The van der Waals surface area contributed by atoms with Gasteiger partial charge in [0, 0.05) is 12.8 Å². The standard InChI is InChI=1S/C39H73O10P/c1-3-5-7-9-11-13-15-17-18-19-21-22-24-26-28-30-38(42)46-34-37(35-48-50(44,45)47-33-36(41)32-40)49-39(43)31-29-27-25-23-20-16-14-12-10-8-6-4-2/h11,13,17-18,36-37,40-41H,3-10,12,14-16,19-35H2,1-2H3,(H,44,45)/b13-11+,18-17+/t36-,37+/m0/s1. The summed E-state index contributed by atoms with van der Waals surface area (Å²) in [6.45, 7) is 2.33. The SMILES string of the molecule is CCCCC/C=C/C/C=C/CCCCCCCC(=O)OC[C@H](COP(=O)(O)OC[C@@H](O)CO)OC(=O)CCCCCCCCCCCCCC. The molecule has 0 fully saturated rings. The fourth-order valence-electron chi connectivity index (χ4n) is 5.26. The molecule has 3 atom stereocenters. The van der Waals surface area contributed by atoms with Crippen molar-refractivity contribution in [2.45, 2.75) is 187 Å². The molecule has 0 rings (SSSR count). The third-order valence-corrected chi connectivity index (χ3v) is 9.31. The minimum atomic E-state index is -4.61. The maximum Gasteiger partial charge on any atom is 0.472 e. The highest BCUT2D eigenvalue weighted by atomic mass is 31.2. The summed E-state index contributed by atoms with van der Waals surface area (Å²) in [7, 11) is -4.61. The molecule has 0 aliphatic heterocycles. The number of ether oxygens (including phenoxy) is 2. The average Bonchev–Trinajstić information content (AvgIpc) is 3.10. The van der Waals surface area contributed by atoms with E-state index in [1.807, 2.05) is 0 Å². The maximum atomic E-state index is 12.5. The highest BCUT2D eigenvalue weighted by Gasteiger charge is 2.27. The fourth-order valence-corrected chi connectivity index (χ4v) is 6.05. The van der Waals surface area contributed by atoms with Gasteiger partial charge in [-0.3, -0.25) is 18.6 Å². The molecule has 10 nitrogen and oxygen atoms in total. The normalized spacial score (nSPS) is 14.3. The number of phosphoric acid groups is 1. The number of phosphoric ester groups is 1. The second-order valence-corrected chi connectivity index (χ2v) is 14.8. The van der Waals surface area contributed by atoms with E-state index >= 15 is 0 Å². The van der Waals surface area contributed by atoms with Crippen molar-refractivity contribution in [3.63, 3.8) is 0 Å². The number of carbonyl (C=O) groups is 2. The number of carbonyl (C=O) groups excluding carboxylic acids is 2. The van der Waals surface area contributed by atoms with Gasteiger partial charge in [-0.2, -0.15) is 0 Å². The highest BCUT2D eigenvalue weighted by molar-refractivity contribution is 7.47. The lowest BCUT2D eigenvalue weighted by atomic mass is 10.0. The van der Waals surface area contributed by atoms with Gasteiger partial charge in [0.1, 0.15) is 12.7 Å². The van der Waals surface area contributed by atoms with Crippen molar-refractivity contribution in [1.29, 1.82) is 0 Å². The minimum absolute atomic E-state index is 0.184. The molecule has 0 spiro atoms. The third-order valence-electron chi connectivity index (χ3n) is 8.36. The van der Waals surface area contributed by atoms with Crippen molar-refractivity contribution in [3.8, 4) is 0 Å². The number of hydrogen-bond donors (Lipinski definition) is 3. The van der Waals surface area contributed by atoms with E-state index in [1.54, 1.807) is 0 Å². The Labute approximate surface area is 304 Å². The maximum absolute atomic E-state index is 12.5. The van der Waals surface area contributed by atoms with Crippen molar-refractivity contribution < 1.29 is 47.8 Å². The van der Waals surface area contributed by atoms with Crippen LogP contribution < -0.4 is 0 Å². The van der Waals surface area contributed by atoms with E-state index in [4.69, 9.17) is 19.1 Å². The van der Waals surface area contributed by atoms with Crippen LogP contribution in [0.5, 0.6) is 0 Å². The van der Waals surface area contributed by atoms with Gasteiger partial charge in [0.05, 0.1) is 19.8 Å². The van der Waals surface area contributed by atoms with Gasteiger partial charge in [0.2, 0.25) is 0 Å². The molecule has 50 heavy (non-hydrogen) atoms. The summed E-state index contributed by atoms with van der Waals surface area (Å²) in [4.78, 5) is 34.8. The first-order chi connectivity index (χ1) is 24.2. The molecule has 0 heterocycles. The highest BCUT2D eigenvalue weighted by Crippen LogP contribution is 2.43. The molecular weight excluding hydrogens is 659 g/mol. The average molecular weight is 733 g/mol. The van der Waals surface area contributed by atoms with E-state index < -0.39 is 51.8 Å². The van der Waals surface area contributed by atoms with Crippen LogP contribution in [0.1, 0.15) is 174 Å². The largest absolute Gasteiger partial charge is 0.472 e. The summed E-state index contributed by atoms with van der Waals surface area (Å²) < 4.78 is 32.6. The Morgan fingerprint density at radius 1 is 0.600 bits per heavy atom. The number of unbranched alkanes of at least 4 members (excludes halogenated alkanes) is 19. The van der Waals surface area contributed by atoms with Gasteiger partial charge in [0.15, 0.2) is 6.10 Å². The van der Waals surface area contributed by atoms with Crippen molar-refractivity contribution in [2.24, 2.45) is 0 Å². The van der Waals surface area contributed by atoms with Gasteiger partial charge in [-0.25, -0.2) is 4.57 Å². The molecule has 0 aliphatic carbocycles. The van der Waals surface area contributed by atoms with Crippen LogP contribution in [0.2, 0.25) is 0 Å². The topological polar surface area (TPSA) is 149 Å². The minimum Gasteiger partial charge on any atom is -0.462 e. The number of esters is 2. The monoisotopic (exact) mass is 732 g/mol. The van der Waals surface area contributed by atoms with Crippen molar-refractivity contribution in [2.75, 3.05) is 26.4 Å². The van der Waals surface area contributed by atoms with Crippen LogP contribution in [0.25, 0.3) is 0 Å². The molecule has 1 unspecified atom stereocenters. The Morgan fingerprint density at radius 2 is 1.04 bits per heavy atom. The molecule has 294 valence electrons. The summed E-state index contributed by atoms with van der Waals surface area (Å²) in [5.41, 5.74) is 0. The Hall–Kier alpha value is -1.55. The predicted molar refractivity (Wildman–Crippen MR) is 201 cm³/mol. The van der Waals surface area contributed by atoms with Gasteiger partial charge in [0.25, 0.3) is 0 Å². The quantitative estimate of drug-likeness (QED) is 0.0244. The summed E-state index contributed by atoms with van der Waals surface area (Å²) in [5, 5.41) is 18.3. The van der Waals surface area contributed by atoms with Crippen molar-refractivity contribution in [1.82, 2.24) is 0 Å². The molecule has 3 N–H and O–H groups in total. The molecule has 0 aromatic rings. The second-order valence-electron chi connectivity index (χ2n) is 13.3. The van der Waals surface area contributed by atoms with E-state index in [-0.39, 0.29) is 19.4 Å². The van der Waals surface area contributed by atoms with Gasteiger partial charge in [-0.05, 0) is 44.9 Å². The summed E-state index contributed by atoms with van der Waals surface area (Å²) >= 11 is 0. The van der Waals surface area contributed by atoms with Crippen LogP contribution in [0.4, 0.5) is 0 Å². The van der Waals surface area contributed by atoms with E-state index in [1.165, 1.54) is 77.0 Å². The molecule has 0 saturated heterocycles. The lowest BCUT2D eigenvalue weighted by Gasteiger charge is -2.20. The zero-order valence-electron chi connectivity index (χ0n) is 31.6. The zero-order chi connectivity index (χ0) is 37.0. The Balaban J connectivity index is 4.36. The molecule has 0 aliphatic rings. The van der Waals surface area contributed by atoms with Crippen molar-refractivity contribution >= 4 is 19.8 Å². The molecule has 11 heteroatoms. The van der Waals surface area contributed by atoms with Gasteiger partial charge < -0.3 is 24.6 Å². The van der Waals surface area contributed by atoms with Gasteiger partial charge in [-0.15, -0.1) is 0 Å². The third kappa shape index (κ3) is 34.9. The molecule has 0 bridgehead atoms. The Bertz CT molecular complexity index is 894. The van der Waals surface area contributed by atoms with E-state index in [9.17, 15) is 24.2 Å². The van der Waals surface area contributed by atoms with Gasteiger partial charge >= 0.3 is 19.8 Å². The Kier molecular flexibility index (Phi) is 34.7. The van der Waals surface area contributed by atoms with Crippen LogP contribution in [0.15, 0.2) is 24.3 Å². The molecule has 0 radical (unpaired) electrons. The smallest absolute Gasteiger partial charge is 0.462 e. The van der Waals surface area contributed by atoms with Gasteiger partial charge in [-0.1, -0.05) is 141 Å².